The monoisotopic (exact) mass is 168 g/mol. The normalized spacial score (nSPS) is 19.3. The van der Waals surface area contributed by atoms with Crippen LogP contribution in [0.25, 0.3) is 0 Å². The van der Waals surface area contributed by atoms with Gasteiger partial charge in [-0.25, -0.2) is 0 Å². The predicted octanol–water partition coefficient (Wildman–Crippen LogP) is 1.74. The summed E-state index contributed by atoms with van der Waals surface area (Å²) in [6.45, 7) is 3.67. The molecule has 0 N–H and O–H groups in total. The van der Waals surface area contributed by atoms with Crippen molar-refractivity contribution in [1.29, 1.82) is 0 Å². The van der Waals surface area contributed by atoms with Crippen LogP contribution in [0.5, 0.6) is 0 Å². The Hall–Kier alpha value is -0.410. The molecule has 0 bridgehead atoms. The number of aromatic nitrogens is 1. The fraction of sp³-hybridized carbons (Fsp3) is 0.625. The molecule has 2 nitrogen and oxygen atoms in total. The first kappa shape index (κ1) is 7.25. The van der Waals surface area contributed by atoms with E-state index in [-0.39, 0.29) is 0 Å². The molecule has 11 heavy (non-hydrogen) atoms. The summed E-state index contributed by atoms with van der Waals surface area (Å²) in [5.41, 5.74) is 1.91. The molecular weight excluding hydrogens is 156 g/mol. The van der Waals surface area contributed by atoms with Crippen LogP contribution in [0.2, 0.25) is 0 Å². The molecule has 0 amide bonds. The lowest BCUT2D eigenvalue weighted by molar-refractivity contribution is 0.334. The number of nitrogens with zero attached hydrogens (tertiary/aromatic N) is 2. The maximum atomic E-state index is 4.06. The summed E-state index contributed by atoms with van der Waals surface area (Å²) in [6, 6.07) is 0. The highest BCUT2D eigenvalue weighted by atomic mass is 32.1. The van der Waals surface area contributed by atoms with Crippen LogP contribution in [-0.4, -0.2) is 23.0 Å². The summed E-state index contributed by atoms with van der Waals surface area (Å²) in [4.78, 5) is 7.94. The second-order valence-electron chi connectivity index (χ2n) is 2.95. The molecule has 60 valence electrons. The van der Waals surface area contributed by atoms with Crippen LogP contribution in [0.15, 0.2) is 11.7 Å². The van der Waals surface area contributed by atoms with Crippen LogP contribution in [-0.2, 0) is 6.54 Å². The first-order valence-corrected chi connectivity index (χ1v) is 4.93. The van der Waals surface area contributed by atoms with Crippen molar-refractivity contribution in [2.75, 3.05) is 13.1 Å². The molecule has 0 atom stereocenters. The molecule has 1 aromatic heterocycles. The van der Waals surface area contributed by atoms with Gasteiger partial charge in [0, 0.05) is 17.6 Å². The topological polar surface area (TPSA) is 16.1 Å². The summed E-state index contributed by atoms with van der Waals surface area (Å²) < 4.78 is 0. The Morgan fingerprint density at radius 2 is 2.27 bits per heavy atom. The lowest BCUT2D eigenvalue weighted by Gasteiger charge is -2.11. The Balaban J connectivity index is 1.90. The number of thiazole rings is 1. The van der Waals surface area contributed by atoms with Crippen LogP contribution in [0.4, 0.5) is 0 Å². The Morgan fingerprint density at radius 1 is 1.45 bits per heavy atom. The summed E-state index contributed by atoms with van der Waals surface area (Å²) in [5, 5.41) is 0. The van der Waals surface area contributed by atoms with Crippen LogP contribution in [0.3, 0.4) is 0 Å². The van der Waals surface area contributed by atoms with Gasteiger partial charge < -0.3 is 0 Å². The molecule has 1 aliphatic rings. The van der Waals surface area contributed by atoms with Crippen molar-refractivity contribution < 1.29 is 0 Å². The van der Waals surface area contributed by atoms with Crippen molar-refractivity contribution >= 4 is 11.3 Å². The molecule has 0 radical (unpaired) electrons. The molecule has 2 rings (SSSR count). The summed E-state index contributed by atoms with van der Waals surface area (Å²) >= 11 is 1.76. The smallest absolute Gasteiger partial charge is 0.0794 e. The highest BCUT2D eigenvalue weighted by Crippen LogP contribution is 2.14. The fourth-order valence-corrected chi connectivity index (χ4v) is 2.12. The van der Waals surface area contributed by atoms with Gasteiger partial charge in [0.25, 0.3) is 0 Å². The van der Waals surface area contributed by atoms with Gasteiger partial charge in [-0.3, -0.25) is 9.88 Å². The second-order valence-corrected chi connectivity index (χ2v) is 3.92. The Bertz CT molecular complexity index is 202. The number of hydrogen-bond donors (Lipinski definition) is 0. The minimum atomic E-state index is 1.12. The lowest BCUT2D eigenvalue weighted by Crippen LogP contribution is -2.17. The minimum absolute atomic E-state index is 1.12. The van der Waals surface area contributed by atoms with Crippen molar-refractivity contribution in [1.82, 2.24) is 9.88 Å². The zero-order chi connectivity index (χ0) is 7.52. The second kappa shape index (κ2) is 3.32. The van der Waals surface area contributed by atoms with E-state index in [0.29, 0.717) is 0 Å². The van der Waals surface area contributed by atoms with Gasteiger partial charge in [-0.2, -0.15) is 0 Å². The van der Waals surface area contributed by atoms with Gasteiger partial charge >= 0.3 is 0 Å². The Labute approximate surface area is 70.9 Å². The van der Waals surface area contributed by atoms with Crippen LogP contribution in [0.1, 0.15) is 17.7 Å². The van der Waals surface area contributed by atoms with Gasteiger partial charge in [0.05, 0.1) is 5.51 Å². The van der Waals surface area contributed by atoms with Gasteiger partial charge in [-0.05, 0) is 25.9 Å². The molecule has 0 spiro atoms. The van der Waals surface area contributed by atoms with Crippen LogP contribution < -0.4 is 0 Å². The zero-order valence-electron chi connectivity index (χ0n) is 6.49. The van der Waals surface area contributed by atoms with Crippen molar-refractivity contribution in [3.63, 3.8) is 0 Å². The largest absolute Gasteiger partial charge is 0.298 e. The number of rotatable bonds is 2. The van der Waals surface area contributed by atoms with Crippen LogP contribution in [0, 0.1) is 0 Å². The Kier molecular flexibility index (Phi) is 2.19. The van der Waals surface area contributed by atoms with E-state index in [0.717, 1.165) is 6.54 Å². The maximum absolute atomic E-state index is 4.06. The summed E-state index contributed by atoms with van der Waals surface area (Å²) in [6.07, 6.45) is 4.72. The molecule has 0 unspecified atom stereocenters. The van der Waals surface area contributed by atoms with Crippen LogP contribution >= 0.6 is 11.3 Å². The molecule has 0 aromatic carbocycles. The summed E-state index contributed by atoms with van der Waals surface area (Å²) in [5.74, 6) is 0. The number of hydrogen-bond acceptors (Lipinski definition) is 3. The predicted molar refractivity (Wildman–Crippen MR) is 46.6 cm³/mol. The van der Waals surface area contributed by atoms with E-state index in [1.165, 1.54) is 30.8 Å². The van der Waals surface area contributed by atoms with Gasteiger partial charge in [0.15, 0.2) is 0 Å². The minimum Gasteiger partial charge on any atom is -0.298 e. The Morgan fingerprint density at radius 3 is 2.91 bits per heavy atom. The van der Waals surface area contributed by atoms with Gasteiger partial charge in [-0.1, -0.05) is 0 Å². The first-order chi connectivity index (χ1) is 5.45. The third-order valence-corrected chi connectivity index (χ3v) is 2.83. The molecule has 1 aliphatic heterocycles. The third-order valence-electron chi connectivity index (χ3n) is 2.06. The van der Waals surface area contributed by atoms with Crippen molar-refractivity contribution in [3.05, 3.63) is 16.6 Å². The van der Waals surface area contributed by atoms with E-state index in [1.54, 1.807) is 11.3 Å². The maximum Gasteiger partial charge on any atom is 0.0794 e. The standard InChI is InChI=1S/C8H12N2S/c1-2-4-10(3-1)6-8-5-9-7-11-8/h5,7H,1-4,6H2. The zero-order valence-corrected chi connectivity index (χ0v) is 7.31. The van der Waals surface area contributed by atoms with E-state index >= 15 is 0 Å². The van der Waals surface area contributed by atoms with Gasteiger partial charge in [0.2, 0.25) is 0 Å². The number of likely N-dealkylation sites (tertiary alicyclic amines) is 1. The highest BCUT2D eigenvalue weighted by Gasteiger charge is 2.11. The average Bonchev–Trinajstić information content (AvgIpc) is 2.60. The SMILES string of the molecule is c1ncc(CN2CCCC2)s1. The fourth-order valence-electron chi connectivity index (χ4n) is 1.48. The molecule has 1 saturated heterocycles. The average molecular weight is 168 g/mol. The van der Waals surface area contributed by atoms with Gasteiger partial charge in [-0.15, -0.1) is 11.3 Å². The molecular formula is C8H12N2S. The third kappa shape index (κ3) is 1.79. The molecule has 0 aliphatic carbocycles. The molecule has 2 heterocycles. The molecule has 1 fully saturated rings. The molecule has 1 aromatic rings. The van der Waals surface area contributed by atoms with Gasteiger partial charge in [0.1, 0.15) is 0 Å². The van der Waals surface area contributed by atoms with E-state index in [1.807, 2.05) is 11.7 Å². The lowest BCUT2D eigenvalue weighted by atomic mass is 10.4. The molecule has 3 heteroatoms. The highest BCUT2D eigenvalue weighted by molar-refractivity contribution is 7.09. The van der Waals surface area contributed by atoms with Crippen molar-refractivity contribution in [2.45, 2.75) is 19.4 Å². The summed E-state index contributed by atoms with van der Waals surface area (Å²) in [7, 11) is 0. The van der Waals surface area contributed by atoms with E-state index in [4.69, 9.17) is 0 Å². The quantitative estimate of drug-likeness (QED) is 0.668. The van der Waals surface area contributed by atoms with E-state index in [9.17, 15) is 0 Å². The van der Waals surface area contributed by atoms with Crippen molar-refractivity contribution in [2.24, 2.45) is 0 Å². The van der Waals surface area contributed by atoms with Crippen molar-refractivity contribution in [3.8, 4) is 0 Å². The first-order valence-electron chi connectivity index (χ1n) is 4.05. The van der Waals surface area contributed by atoms with E-state index < -0.39 is 0 Å². The van der Waals surface area contributed by atoms with E-state index in [2.05, 4.69) is 9.88 Å². The molecule has 0 saturated carbocycles.